The summed E-state index contributed by atoms with van der Waals surface area (Å²) in [6.45, 7) is 2.63. The Hall–Kier alpha value is -2.34. The fourth-order valence-electron chi connectivity index (χ4n) is 3.77. The van der Waals surface area contributed by atoms with E-state index in [0.29, 0.717) is 32.0 Å². The van der Waals surface area contributed by atoms with E-state index in [-0.39, 0.29) is 12.0 Å². The van der Waals surface area contributed by atoms with Crippen LogP contribution in [0, 0.1) is 5.92 Å². The standard InChI is InChI=1S/C20H23N3O3/c24-20(19-9-15-3-1-2-4-18(15)26-19)22-10-16-7-8-21-23(16)12-17(11-22)25-13-14-5-6-14/h1-4,7-8,14,17,19H,5-6,9-13H2/t17-,19-/m1/s1. The van der Waals surface area contributed by atoms with Gasteiger partial charge in [-0.2, -0.15) is 5.10 Å². The highest BCUT2D eigenvalue weighted by Gasteiger charge is 2.35. The van der Waals surface area contributed by atoms with Gasteiger partial charge in [-0.15, -0.1) is 0 Å². The largest absolute Gasteiger partial charge is 0.480 e. The highest BCUT2D eigenvalue weighted by Crippen LogP contribution is 2.31. The van der Waals surface area contributed by atoms with E-state index in [4.69, 9.17) is 9.47 Å². The molecular formula is C20H23N3O3. The van der Waals surface area contributed by atoms with Crippen LogP contribution in [0.15, 0.2) is 36.5 Å². The number of fused-ring (bicyclic) bond motifs is 2. The van der Waals surface area contributed by atoms with Crippen molar-refractivity contribution < 1.29 is 14.3 Å². The van der Waals surface area contributed by atoms with Crippen LogP contribution >= 0.6 is 0 Å². The maximum absolute atomic E-state index is 13.2. The Balaban J connectivity index is 1.32. The third-order valence-electron chi connectivity index (χ3n) is 5.46. The van der Waals surface area contributed by atoms with Gasteiger partial charge in [-0.05, 0) is 36.5 Å². The molecule has 136 valence electrons. The molecule has 1 aromatic carbocycles. The predicted octanol–water partition coefficient (Wildman–Crippen LogP) is 2.02. The van der Waals surface area contributed by atoms with E-state index in [0.717, 1.165) is 23.6 Å². The molecule has 1 amide bonds. The average Bonchev–Trinajstić information content (AvgIpc) is 3.28. The van der Waals surface area contributed by atoms with Gasteiger partial charge in [0.05, 0.1) is 24.9 Å². The summed E-state index contributed by atoms with van der Waals surface area (Å²) in [5.74, 6) is 1.57. The van der Waals surface area contributed by atoms with Crippen LogP contribution in [-0.4, -0.2) is 45.9 Å². The summed E-state index contributed by atoms with van der Waals surface area (Å²) < 4.78 is 14.0. The summed E-state index contributed by atoms with van der Waals surface area (Å²) in [5.41, 5.74) is 2.15. The molecule has 2 aromatic rings. The Bertz CT molecular complexity index is 789. The van der Waals surface area contributed by atoms with E-state index in [1.54, 1.807) is 6.20 Å². The lowest BCUT2D eigenvalue weighted by Crippen LogP contribution is -2.44. The molecule has 0 radical (unpaired) electrons. The lowest BCUT2D eigenvalue weighted by atomic mass is 10.1. The Morgan fingerprint density at radius 1 is 1.23 bits per heavy atom. The number of amides is 1. The first-order chi connectivity index (χ1) is 12.8. The average molecular weight is 353 g/mol. The number of rotatable bonds is 4. The van der Waals surface area contributed by atoms with Crippen molar-refractivity contribution in [2.24, 2.45) is 5.92 Å². The Morgan fingerprint density at radius 3 is 2.96 bits per heavy atom. The molecule has 6 nitrogen and oxygen atoms in total. The van der Waals surface area contributed by atoms with Gasteiger partial charge in [0.1, 0.15) is 5.75 Å². The van der Waals surface area contributed by atoms with E-state index < -0.39 is 6.10 Å². The Morgan fingerprint density at radius 2 is 2.12 bits per heavy atom. The first-order valence-corrected chi connectivity index (χ1v) is 9.42. The minimum atomic E-state index is -0.439. The molecule has 26 heavy (non-hydrogen) atoms. The van der Waals surface area contributed by atoms with E-state index in [9.17, 15) is 4.79 Å². The van der Waals surface area contributed by atoms with E-state index in [1.807, 2.05) is 39.9 Å². The van der Waals surface area contributed by atoms with Gasteiger partial charge < -0.3 is 14.4 Å². The maximum atomic E-state index is 13.2. The number of hydrogen-bond donors (Lipinski definition) is 0. The molecular weight excluding hydrogens is 330 g/mol. The van der Waals surface area contributed by atoms with Crippen LogP contribution in [0.2, 0.25) is 0 Å². The van der Waals surface area contributed by atoms with Gasteiger partial charge in [0.25, 0.3) is 5.91 Å². The second-order valence-electron chi connectivity index (χ2n) is 7.54. The van der Waals surface area contributed by atoms with Crippen molar-refractivity contribution in [2.45, 2.75) is 44.6 Å². The van der Waals surface area contributed by atoms with Gasteiger partial charge in [0.15, 0.2) is 6.10 Å². The van der Waals surface area contributed by atoms with E-state index in [1.165, 1.54) is 12.8 Å². The van der Waals surface area contributed by atoms with Crippen molar-refractivity contribution in [3.8, 4) is 5.75 Å². The lowest BCUT2D eigenvalue weighted by Gasteiger charge is -2.26. The minimum Gasteiger partial charge on any atom is -0.480 e. The van der Waals surface area contributed by atoms with Crippen molar-refractivity contribution >= 4 is 5.91 Å². The van der Waals surface area contributed by atoms with Gasteiger partial charge in [-0.1, -0.05) is 18.2 Å². The van der Waals surface area contributed by atoms with Gasteiger partial charge in [0, 0.05) is 25.8 Å². The van der Waals surface area contributed by atoms with E-state index >= 15 is 0 Å². The summed E-state index contributed by atoms with van der Waals surface area (Å²) in [6.07, 6.45) is 4.49. The molecule has 1 saturated carbocycles. The van der Waals surface area contributed by atoms with Crippen LogP contribution in [0.1, 0.15) is 24.1 Å². The molecule has 1 aromatic heterocycles. The molecule has 1 fully saturated rings. The maximum Gasteiger partial charge on any atom is 0.264 e. The predicted molar refractivity (Wildman–Crippen MR) is 94.7 cm³/mol. The smallest absolute Gasteiger partial charge is 0.264 e. The number of nitrogens with zero attached hydrogens (tertiary/aromatic N) is 3. The number of benzene rings is 1. The number of hydrogen-bond acceptors (Lipinski definition) is 4. The molecule has 1 aliphatic carbocycles. The summed E-state index contributed by atoms with van der Waals surface area (Å²) in [4.78, 5) is 15.0. The van der Waals surface area contributed by atoms with Gasteiger partial charge in [-0.25, -0.2) is 0 Å². The molecule has 2 aliphatic heterocycles. The molecule has 0 bridgehead atoms. The number of carbonyl (C=O) groups is 1. The Kier molecular flexibility index (Phi) is 3.93. The van der Waals surface area contributed by atoms with E-state index in [2.05, 4.69) is 5.10 Å². The van der Waals surface area contributed by atoms with Gasteiger partial charge in [-0.3, -0.25) is 9.48 Å². The molecule has 5 rings (SSSR count). The zero-order chi connectivity index (χ0) is 17.5. The quantitative estimate of drug-likeness (QED) is 0.844. The van der Waals surface area contributed by atoms with Crippen molar-refractivity contribution in [1.82, 2.24) is 14.7 Å². The molecule has 0 spiro atoms. The van der Waals surface area contributed by atoms with Crippen LogP contribution in [0.3, 0.4) is 0 Å². The zero-order valence-electron chi connectivity index (χ0n) is 14.7. The number of aromatic nitrogens is 2. The van der Waals surface area contributed by atoms with Crippen LogP contribution in [-0.2, 0) is 29.0 Å². The SMILES string of the molecule is O=C([C@H]1Cc2ccccc2O1)N1Cc2ccnn2C[C@H](OCC2CC2)C1. The molecule has 3 heterocycles. The van der Waals surface area contributed by atoms with Gasteiger partial charge >= 0.3 is 0 Å². The lowest BCUT2D eigenvalue weighted by molar-refractivity contribution is -0.140. The summed E-state index contributed by atoms with van der Waals surface area (Å²) in [7, 11) is 0. The van der Waals surface area contributed by atoms with Crippen LogP contribution in [0.5, 0.6) is 5.75 Å². The number of para-hydroxylation sites is 1. The molecule has 2 atom stereocenters. The zero-order valence-corrected chi connectivity index (χ0v) is 14.7. The normalized spacial score (nSPS) is 24.5. The molecule has 0 saturated heterocycles. The molecule has 0 N–H and O–H groups in total. The fraction of sp³-hybridized carbons (Fsp3) is 0.500. The summed E-state index contributed by atoms with van der Waals surface area (Å²) in [5, 5.41) is 4.40. The number of ether oxygens (including phenoxy) is 2. The topological polar surface area (TPSA) is 56.6 Å². The second kappa shape index (κ2) is 6.43. The first-order valence-electron chi connectivity index (χ1n) is 9.42. The third kappa shape index (κ3) is 3.09. The van der Waals surface area contributed by atoms with Crippen molar-refractivity contribution in [2.75, 3.05) is 13.2 Å². The monoisotopic (exact) mass is 353 g/mol. The van der Waals surface area contributed by atoms with Crippen LogP contribution in [0.25, 0.3) is 0 Å². The van der Waals surface area contributed by atoms with Crippen molar-refractivity contribution in [3.63, 3.8) is 0 Å². The third-order valence-corrected chi connectivity index (χ3v) is 5.46. The molecule has 0 unspecified atom stereocenters. The second-order valence-corrected chi connectivity index (χ2v) is 7.54. The fourth-order valence-corrected chi connectivity index (χ4v) is 3.77. The summed E-state index contributed by atoms with van der Waals surface area (Å²) >= 11 is 0. The highest BCUT2D eigenvalue weighted by molar-refractivity contribution is 5.82. The highest BCUT2D eigenvalue weighted by atomic mass is 16.5. The minimum absolute atomic E-state index is 0.0236. The molecule has 6 heteroatoms. The van der Waals surface area contributed by atoms with Crippen LogP contribution < -0.4 is 4.74 Å². The van der Waals surface area contributed by atoms with Crippen LogP contribution in [0.4, 0.5) is 0 Å². The van der Waals surface area contributed by atoms with Gasteiger partial charge in [0.2, 0.25) is 0 Å². The summed E-state index contributed by atoms with van der Waals surface area (Å²) in [6, 6.07) is 9.87. The number of carbonyl (C=O) groups excluding carboxylic acids is 1. The molecule has 3 aliphatic rings. The van der Waals surface area contributed by atoms with Crippen molar-refractivity contribution in [1.29, 1.82) is 0 Å². The Labute approximate surface area is 152 Å². The first kappa shape index (κ1) is 15.9. The van der Waals surface area contributed by atoms with Crippen molar-refractivity contribution in [3.05, 3.63) is 47.8 Å².